The third-order valence-corrected chi connectivity index (χ3v) is 5.50. The van der Waals surface area contributed by atoms with Crippen LogP contribution in [0.2, 0.25) is 0 Å². The standard InChI is InChI=1S/C20H26N2O2.ClH/c1-4-24-17-12-20(21,19(17,2)3)18(23)22-13-14-9-10-15-7-5-6-8-16(15)11-14;/h5-11,17H,4,12-13,21H2,1-3H3,(H,22,23);1H. The number of nitrogens with two attached hydrogens (primary N) is 1. The van der Waals surface area contributed by atoms with E-state index in [1.165, 1.54) is 10.8 Å². The van der Waals surface area contributed by atoms with Gasteiger partial charge in [0.05, 0.1) is 6.10 Å². The van der Waals surface area contributed by atoms with Crippen molar-refractivity contribution in [1.82, 2.24) is 5.32 Å². The summed E-state index contributed by atoms with van der Waals surface area (Å²) in [6.07, 6.45) is 0.608. The SMILES string of the molecule is CCOC1CC(N)(C(=O)NCc2ccc3ccccc3c2)C1(C)C.Cl. The van der Waals surface area contributed by atoms with Crippen LogP contribution in [0.3, 0.4) is 0 Å². The molecule has 1 amide bonds. The van der Waals surface area contributed by atoms with Crippen molar-refractivity contribution in [1.29, 1.82) is 0 Å². The highest BCUT2D eigenvalue weighted by Crippen LogP contribution is 2.49. The number of ether oxygens (including phenoxy) is 1. The predicted molar refractivity (Wildman–Crippen MR) is 104 cm³/mol. The fourth-order valence-electron chi connectivity index (χ4n) is 3.51. The summed E-state index contributed by atoms with van der Waals surface area (Å²) in [6, 6.07) is 14.4. The molecular weight excluding hydrogens is 336 g/mol. The minimum Gasteiger partial charge on any atom is -0.378 e. The van der Waals surface area contributed by atoms with Gasteiger partial charge in [-0.25, -0.2) is 0 Å². The number of carbonyl (C=O) groups is 1. The van der Waals surface area contributed by atoms with Crippen LogP contribution in [0.25, 0.3) is 10.8 Å². The second-order valence-electron chi connectivity index (χ2n) is 7.21. The fraction of sp³-hybridized carbons (Fsp3) is 0.450. The van der Waals surface area contributed by atoms with Crippen LogP contribution >= 0.6 is 12.4 Å². The van der Waals surface area contributed by atoms with Gasteiger partial charge in [0.25, 0.3) is 0 Å². The van der Waals surface area contributed by atoms with Crippen LogP contribution in [0.5, 0.6) is 0 Å². The van der Waals surface area contributed by atoms with E-state index in [-0.39, 0.29) is 29.8 Å². The van der Waals surface area contributed by atoms with Crippen molar-refractivity contribution in [2.24, 2.45) is 11.1 Å². The van der Waals surface area contributed by atoms with Crippen LogP contribution in [-0.4, -0.2) is 24.2 Å². The van der Waals surface area contributed by atoms with E-state index >= 15 is 0 Å². The summed E-state index contributed by atoms with van der Waals surface area (Å²) >= 11 is 0. The molecule has 0 saturated heterocycles. The molecule has 1 saturated carbocycles. The lowest BCUT2D eigenvalue weighted by molar-refractivity contribution is -0.170. The smallest absolute Gasteiger partial charge is 0.241 e. The molecule has 2 atom stereocenters. The van der Waals surface area contributed by atoms with Gasteiger partial charge >= 0.3 is 0 Å². The maximum atomic E-state index is 12.7. The zero-order valence-corrected chi connectivity index (χ0v) is 15.9. The molecule has 2 aromatic carbocycles. The van der Waals surface area contributed by atoms with Crippen LogP contribution in [0, 0.1) is 5.41 Å². The average molecular weight is 363 g/mol. The molecule has 1 aliphatic carbocycles. The lowest BCUT2D eigenvalue weighted by Gasteiger charge is -2.57. The number of benzene rings is 2. The van der Waals surface area contributed by atoms with Crippen molar-refractivity contribution in [3.63, 3.8) is 0 Å². The molecule has 3 rings (SSSR count). The van der Waals surface area contributed by atoms with E-state index in [4.69, 9.17) is 10.5 Å². The van der Waals surface area contributed by atoms with E-state index in [0.29, 0.717) is 19.6 Å². The Hall–Kier alpha value is -1.62. The van der Waals surface area contributed by atoms with Gasteiger partial charge in [0.1, 0.15) is 5.54 Å². The number of carbonyl (C=O) groups excluding carboxylic acids is 1. The number of halogens is 1. The van der Waals surface area contributed by atoms with Gasteiger partial charge in [-0.15, -0.1) is 12.4 Å². The molecule has 0 bridgehead atoms. The van der Waals surface area contributed by atoms with Gasteiger partial charge in [-0.2, -0.15) is 0 Å². The summed E-state index contributed by atoms with van der Waals surface area (Å²) in [6.45, 7) is 7.10. The summed E-state index contributed by atoms with van der Waals surface area (Å²) < 4.78 is 5.69. The molecule has 0 radical (unpaired) electrons. The number of fused-ring (bicyclic) bond motifs is 1. The first kappa shape index (κ1) is 19.7. The summed E-state index contributed by atoms with van der Waals surface area (Å²) in [4.78, 5) is 12.7. The Labute approximate surface area is 155 Å². The van der Waals surface area contributed by atoms with Gasteiger partial charge in [0.2, 0.25) is 5.91 Å². The van der Waals surface area contributed by atoms with Crippen molar-refractivity contribution >= 4 is 29.1 Å². The van der Waals surface area contributed by atoms with Crippen LogP contribution in [0.4, 0.5) is 0 Å². The summed E-state index contributed by atoms with van der Waals surface area (Å²) in [5, 5.41) is 5.37. The maximum Gasteiger partial charge on any atom is 0.241 e. The molecule has 0 heterocycles. The molecule has 5 heteroatoms. The zero-order valence-electron chi connectivity index (χ0n) is 15.0. The van der Waals surface area contributed by atoms with Crippen LogP contribution in [-0.2, 0) is 16.1 Å². The molecule has 1 aliphatic rings. The lowest BCUT2D eigenvalue weighted by Crippen LogP contribution is -2.75. The quantitative estimate of drug-likeness (QED) is 0.856. The van der Waals surface area contributed by atoms with Gasteiger partial charge in [0.15, 0.2) is 0 Å². The second-order valence-corrected chi connectivity index (χ2v) is 7.21. The molecule has 136 valence electrons. The first-order valence-corrected chi connectivity index (χ1v) is 8.55. The number of amides is 1. The van der Waals surface area contributed by atoms with Crippen molar-refractivity contribution in [2.75, 3.05) is 6.61 Å². The first-order chi connectivity index (χ1) is 11.4. The summed E-state index contributed by atoms with van der Waals surface area (Å²) in [5.74, 6) is -0.100. The van der Waals surface area contributed by atoms with E-state index in [0.717, 1.165) is 5.56 Å². The molecule has 4 nitrogen and oxygen atoms in total. The molecule has 2 unspecified atom stereocenters. The van der Waals surface area contributed by atoms with E-state index in [1.807, 2.05) is 39.0 Å². The largest absolute Gasteiger partial charge is 0.378 e. The number of hydrogen-bond donors (Lipinski definition) is 2. The Morgan fingerprint density at radius 1 is 1.24 bits per heavy atom. The predicted octanol–water partition coefficient (Wildman–Crippen LogP) is 3.41. The Bertz CT molecular complexity index is 762. The molecule has 0 spiro atoms. The Balaban J connectivity index is 0.00000225. The first-order valence-electron chi connectivity index (χ1n) is 8.55. The highest BCUT2D eigenvalue weighted by atomic mass is 35.5. The normalized spacial score (nSPS) is 24.2. The molecule has 2 aromatic rings. The highest BCUT2D eigenvalue weighted by Gasteiger charge is 2.62. The fourth-order valence-corrected chi connectivity index (χ4v) is 3.51. The average Bonchev–Trinajstić information content (AvgIpc) is 2.59. The minimum absolute atomic E-state index is 0. The summed E-state index contributed by atoms with van der Waals surface area (Å²) in [5.41, 5.74) is 6.24. The topological polar surface area (TPSA) is 64.3 Å². The molecule has 0 aliphatic heterocycles. The Morgan fingerprint density at radius 3 is 2.56 bits per heavy atom. The minimum atomic E-state index is -0.871. The second kappa shape index (κ2) is 7.32. The van der Waals surface area contributed by atoms with E-state index in [1.54, 1.807) is 0 Å². The van der Waals surface area contributed by atoms with Crippen molar-refractivity contribution in [2.45, 2.75) is 45.4 Å². The number of hydrogen-bond acceptors (Lipinski definition) is 3. The van der Waals surface area contributed by atoms with Gasteiger partial charge in [0, 0.05) is 25.0 Å². The van der Waals surface area contributed by atoms with Gasteiger partial charge < -0.3 is 15.8 Å². The monoisotopic (exact) mass is 362 g/mol. The van der Waals surface area contributed by atoms with Gasteiger partial charge in [-0.3, -0.25) is 4.79 Å². The summed E-state index contributed by atoms with van der Waals surface area (Å²) in [7, 11) is 0. The zero-order chi connectivity index (χ0) is 17.4. The molecular formula is C20H27ClN2O2. The van der Waals surface area contributed by atoms with E-state index in [9.17, 15) is 4.79 Å². The molecule has 25 heavy (non-hydrogen) atoms. The lowest BCUT2D eigenvalue weighted by atomic mass is 9.54. The molecule has 1 fully saturated rings. The Kier molecular flexibility index (Phi) is 5.77. The third-order valence-electron chi connectivity index (χ3n) is 5.50. The van der Waals surface area contributed by atoms with Gasteiger partial charge in [-0.1, -0.05) is 50.2 Å². The molecule has 3 N–H and O–H groups in total. The number of nitrogens with one attached hydrogen (secondary N) is 1. The van der Waals surface area contributed by atoms with Crippen LogP contribution in [0.15, 0.2) is 42.5 Å². The van der Waals surface area contributed by atoms with Gasteiger partial charge in [-0.05, 0) is 29.3 Å². The van der Waals surface area contributed by atoms with Crippen molar-refractivity contribution in [3.05, 3.63) is 48.0 Å². The van der Waals surface area contributed by atoms with E-state index < -0.39 is 5.54 Å². The van der Waals surface area contributed by atoms with Crippen LogP contribution < -0.4 is 11.1 Å². The van der Waals surface area contributed by atoms with Crippen molar-refractivity contribution in [3.8, 4) is 0 Å². The van der Waals surface area contributed by atoms with Crippen LogP contribution in [0.1, 0.15) is 32.8 Å². The Morgan fingerprint density at radius 2 is 1.92 bits per heavy atom. The number of rotatable bonds is 5. The third kappa shape index (κ3) is 3.39. The molecule has 0 aromatic heterocycles. The van der Waals surface area contributed by atoms with E-state index in [2.05, 4.69) is 29.6 Å². The maximum absolute atomic E-state index is 12.7. The van der Waals surface area contributed by atoms with Crippen molar-refractivity contribution < 1.29 is 9.53 Å². The highest BCUT2D eigenvalue weighted by molar-refractivity contribution is 5.89.